The fraction of sp³-hybridized carbons (Fsp3) is 0.474. The molecule has 1 heterocycles. The number of benzene rings is 1. The first kappa shape index (κ1) is 22.7. The highest BCUT2D eigenvalue weighted by Crippen LogP contribution is 2.28. The van der Waals surface area contributed by atoms with Crippen LogP contribution in [0.4, 0.5) is 11.8 Å². The van der Waals surface area contributed by atoms with E-state index in [2.05, 4.69) is 20.0 Å². The van der Waals surface area contributed by atoms with Crippen LogP contribution in [0.3, 0.4) is 0 Å². The molecule has 2 N–H and O–H groups in total. The molecule has 0 aliphatic rings. The van der Waals surface area contributed by atoms with E-state index in [4.69, 9.17) is 9.47 Å². The summed E-state index contributed by atoms with van der Waals surface area (Å²) < 4.78 is 38.9. The second-order valence-electron chi connectivity index (χ2n) is 6.38. The monoisotopic (exact) mass is 423 g/mol. The van der Waals surface area contributed by atoms with Gasteiger partial charge in [-0.3, -0.25) is 0 Å². The van der Waals surface area contributed by atoms with Gasteiger partial charge < -0.3 is 19.7 Å². The number of nitrogens with one attached hydrogen (secondary N) is 2. The van der Waals surface area contributed by atoms with Crippen molar-refractivity contribution in [3.05, 3.63) is 30.0 Å². The van der Waals surface area contributed by atoms with Crippen LogP contribution in [0.1, 0.15) is 19.5 Å². The third-order valence-corrected chi connectivity index (χ3v) is 5.32. The third kappa shape index (κ3) is 6.47. The van der Waals surface area contributed by atoms with Gasteiger partial charge in [-0.25, -0.2) is 18.1 Å². The fourth-order valence-electron chi connectivity index (χ4n) is 2.53. The summed E-state index contributed by atoms with van der Waals surface area (Å²) >= 11 is 0. The SMILES string of the molecule is CCOc1ccc(S(=O)(=O)NCCNc2nc(C)cc(N(C)C)n2)c(OCC)c1. The Kier molecular flexibility index (Phi) is 8.03. The maximum absolute atomic E-state index is 12.7. The summed E-state index contributed by atoms with van der Waals surface area (Å²) in [5, 5.41) is 3.04. The Bertz CT molecular complexity index is 919. The zero-order valence-corrected chi connectivity index (χ0v) is 18.3. The van der Waals surface area contributed by atoms with Gasteiger partial charge in [-0.15, -0.1) is 0 Å². The van der Waals surface area contributed by atoms with Crippen molar-refractivity contribution in [2.24, 2.45) is 0 Å². The smallest absolute Gasteiger partial charge is 0.244 e. The Morgan fingerprint density at radius 2 is 1.76 bits per heavy atom. The van der Waals surface area contributed by atoms with Gasteiger partial charge in [-0.2, -0.15) is 4.98 Å². The maximum Gasteiger partial charge on any atom is 0.244 e. The van der Waals surface area contributed by atoms with Crippen LogP contribution in [0.25, 0.3) is 0 Å². The number of aromatic nitrogens is 2. The van der Waals surface area contributed by atoms with Crippen molar-refractivity contribution < 1.29 is 17.9 Å². The molecule has 0 unspecified atom stereocenters. The highest BCUT2D eigenvalue weighted by atomic mass is 32.2. The van der Waals surface area contributed by atoms with Crippen molar-refractivity contribution in [1.82, 2.24) is 14.7 Å². The topological polar surface area (TPSA) is 106 Å². The molecular weight excluding hydrogens is 394 g/mol. The molecular formula is C19H29N5O4S. The Labute approximate surface area is 172 Å². The maximum atomic E-state index is 12.7. The highest BCUT2D eigenvalue weighted by Gasteiger charge is 2.20. The lowest BCUT2D eigenvalue weighted by molar-refractivity contribution is 0.317. The second kappa shape index (κ2) is 10.3. The number of aryl methyl sites for hydroxylation is 1. The minimum Gasteiger partial charge on any atom is -0.494 e. The molecule has 0 spiro atoms. The molecule has 160 valence electrons. The average Bonchev–Trinajstić information content (AvgIpc) is 2.65. The molecule has 1 aromatic carbocycles. The fourth-order valence-corrected chi connectivity index (χ4v) is 3.69. The quantitative estimate of drug-likeness (QED) is 0.529. The van der Waals surface area contributed by atoms with E-state index in [0.717, 1.165) is 11.5 Å². The minimum absolute atomic E-state index is 0.0736. The number of rotatable bonds is 11. The molecule has 2 rings (SSSR count). The van der Waals surface area contributed by atoms with Crippen LogP contribution in [0.2, 0.25) is 0 Å². The van der Waals surface area contributed by atoms with Crippen LogP contribution < -0.4 is 24.4 Å². The zero-order valence-electron chi connectivity index (χ0n) is 17.5. The Balaban J connectivity index is 2.03. The lowest BCUT2D eigenvalue weighted by Crippen LogP contribution is -2.29. The third-order valence-electron chi connectivity index (χ3n) is 3.81. The lowest BCUT2D eigenvalue weighted by atomic mass is 10.3. The molecule has 0 bridgehead atoms. The zero-order chi connectivity index (χ0) is 21.4. The van der Waals surface area contributed by atoms with Gasteiger partial charge in [0, 0.05) is 45.0 Å². The second-order valence-corrected chi connectivity index (χ2v) is 8.12. The number of hydrogen-bond donors (Lipinski definition) is 2. The largest absolute Gasteiger partial charge is 0.494 e. The molecule has 9 nitrogen and oxygen atoms in total. The van der Waals surface area contributed by atoms with Gasteiger partial charge in [0.25, 0.3) is 0 Å². The van der Waals surface area contributed by atoms with Gasteiger partial charge in [0.2, 0.25) is 16.0 Å². The number of sulfonamides is 1. The van der Waals surface area contributed by atoms with E-state index in [9.17, 15) is 8.42 Å². The molecule has 2 aromatic rings. The Morgan fingerprint density at radius 1 is 1.03 bits per heavy atom. The lowest BCUT2D eigenvalue weighted by Gasteiger charge is -2.15. The number of nitrogens with zero attached hydrogens (tertiary/aromatic N) is 3. The molecule has 0 saturated heterocycles. The summed E-state index contributed by atoms with van der Waals surface area (Å²) in [5.74, 6) is 2.04. The summed E-state index contributed by atoms with van der Waals surface area (Å²) in [7, 11) is 0.0420. The van der Waals surface area contributed by atoms with Gasteiger partial charge in [0.05, 0.1) is 13.2 Å². The van der Waals surface area contributed by atoms with Gasteiger partial charge >= 0.3 is 0 Å². The van der Waals surface area contributed by atoms with Crippen molar-refractivity contribution in [2.45, 2.75) is 25.7 Å². The number of anilines is 2. The predicted octanol–water partition coefficient (Wildman–Crippen LogP) is 2.04. The van der Waals surface area contributed by atoms with E-state index in [-0.39, 0.29) is 17.2 Å². The molecule has 0 atom stereocenters. The van der Waals surface area contributed by atoms with E-state index < -0.39 is 10.0 Å². The molecule has 0 aliphatic heterocycles. The first-order valence-electron chi connectivity index (χ1n) is 9.43. The van der Waals surface area contributed by atoms with Gasteiger partial charge in [0.15, 0.2) is 0 Å². The van der Waals surface area contributed by atoms with Gasteiger partial charge in [-0.1, -0.05) is 0 Å². The van der Waals surface area contributed by atoms with Crippen LogP contribution in [0.15, 0.2) is 29.2 Å². The van der Waals surface area contributed by atoms with E-state index >= 15 is 0 Å². The molecule has 0 radical (unpaired) electrons. The molecule has 0 amide bonds. The van der Waals surface area contributed by atoms with E-state index in [0.29, 0.717) is 31.5 Å². The summed E-state index contributed by atoms with van der Waals surface area (Å²) in [5.41, 5.74) is 0.822. The normalized spacial score (nSPS) is 11.2. The van der Waals surface area contributed by atoms with Crippen LogP contribution in [-0.2, 0) is 10.0 Å². The summed E-state index contributed by atoms with van der Waals surface area (Å²) in [6, 6.07) is 6.55. The highest BCUT2D eigenvalue weighted by molar-refractivity contribution is 7.89. The van der Waals surface area contributed by atoms with Crippen LogP contribution in [0.5, 0.6) is 11.5 Å². The summed E-state index contributed by atoms with van der Waals surface area (Å²) in [4.78, 5) is 10.6. The van der Waals surface area contributed by atoms with Crippen molar-refractivity contribution in [1.29, 1.82) is 0 Å². The van der Waals surface area contributed by atoms with Gasteiger partial charge in [-0.05, 0) is 32.9 Å². The predicted molar refractivity (Wildman–Crippen MR) is 114 cm³/mol. The molecule has 10 heteroatoms. The molecule has 0 fully saturated rings. The first-order valence-corrected chi connectivity index (χ1v) is 10.9. The van der Waals surface area contributed by atoms with Crippen molar-refractivity contribution >= 4 is 21.8 Å². The minimum atomic E-state index is -3.75. The number of ether oxygens (including phenoxy) is 2. The van der Waals surface area contributed by atoms with E-state index in [1.165, 1.54) is 6.07 Å². The van der Waals surface area contributed by atoms with Gasteiger partial charge in [0.1, 0.15) is 22.2 Å². The van der Waals surface area contributed by atoms with E-state index in [1.807, 2.05) is 38.9 Å². The van der Waals surface area contributed by atoms with Crippen LogP contribution in [0, 0.1) is 6.92 Å². The first-order chi connectivity index (χ1) is 13.8. The van der Waals surface area contributed by atoms with E-state index in [1.54, 1.807) is 19.1 Å². The average molecular weight is 424 g/mol. The molecule has 0 saturated carbocycles. The van der Waals surface area contributed by atoms with Crippen LogP contribution in [-0.4, -0.2) is 58.8 Å². The van der Waals surface area contributed by atoms with Crippen LogP contribution >= 0.6 is 0 Å². The number of hydrogen-bond acceptors (Lipinski definition) is 8. The summed E-state index contributed by atoms with van der Waals surface area (Å²) in [6.07, 6.45) is 0. The molecule has 1 aromatic heterocycles. The summed E-state index contributed by atoms with van der Waals surface area (Å²) in [6.45, 7) is 6.86. The molecule has 29 heavy (non-hydrogen) atoms. The van der Waals surface area contributed by atoms with Crippen molar-refractivity contribution in [3.63, 3.8) is 0 Å². The van der Waals surface area contributed by atoms with Crippen molar-refractivity contribution in [3.8, 4) is 11.5 Å². The standard InChI is InChI=1S/C19H29N5O4S/c1-6-27-15-8-9-17(16(13-15)28-7-2)29(25,26)21-11-10-20-19-22-14(3)12-18(23-19)24(4)5/h8-9,12-13,21H,6-7,10-11H2,1-5H3,(H,20,22,23). The van der Waals surface area contributed by atoms with Crippen molar-refractivity contribution in [2.75, 3.05) is 50.6 Å². The molecule has 0 aliphatic carbocycles. The Hall–Kier alpha value is -2.59. The Morgan fingerprint density at radius 3 is 2.41 bits per heavy atom.